The van der Waals surface area contributed by atoms with Gasteiger partial charge >= 0.3 is 11.9 Å². The minimum absolute atomic E-state index is 0.00244. The zero-order chi connectivity index (χ0) is 17.1. The smallest absolute Gasteiger partial charge is 0.309 e. The Balaban J connectivity index is 3.47. The van der Waals surface area contributed by atoms with E-state index in [0.717, 1.165) is 0 Å². The van der Waals surface area contributed by atoms with Gasteiger partial charge in [0.15, 0.2) is 0 Å². The molecule has 0 aromatic rings. The molecule has 126 valence electrons. The molecule has 1 saturated carbocycles. The quantitative estimate of drug-likeness (QED) is 0.513. The van der Waals surface area contributed by atoms with Crippen molar-refractivity contribution in [3.05, 3.63) is 0 Å². The summed E-state index contributed by atoms with van der Waals surface area (Å²) in [6.07, 6.45) is 0.438. The van der Waals surface area contributed by atoms with E-state index in [1.807, 2.05) is 0 Å². The summed E-state index contributed by atoms with van der Waals surface area (Å²) in [5, 5.41) is 39.4. The van der Waals surface area contributed by atoms with Crippen molar-refractivity contribution in [1.82, 2.24) is 0 Å². The fraction of sp³-hybridized carbons (Fsp3) is 0.800. The second-order valence-electron chi connectivity index (χ2n) is 5.91. The summed E-state index contributed by atoms with van der Waals surface area (Å²) in [5.41, 5.74) is -2.21. The first-order valence-electron chi connectivity index (χ1n) is 7.57. The zero-order valence-electron chi connectivity index (χ0n) is 12.9. The molecule has 0 aliphatic heterocycles. The highest BCUT2D eigenvalue weighted by Crippen LogP contribution is 2.46. The van der Waals surface area contributed by atoms with E-state index in [2.05, 4.69) is 0 Å². The molecule has 0 amide bonds. The summed E-state index contributed by atoms with van der Waals surface area (Å²) in [7, 11) is 0. The van der Waals surface area contributed by atoms with Gasteiger partial charge in [-0.2, -0.15) is 0 Å². The molecule has 0 heterocycles. The van der Waals surface area contributed by atoms with Crippen LogP contribution in [0.15, 0.2) is 0 Å². The number of Topliss-reactive ketones (excluding diaryl/α,β-unsaturated/α-hetero) is 1. The Morgan fingerprint density at radius 3 is 1.95 bits per heavy atom. The highest BCUT2D eigenvalue weighted by atomic mass is 16.4. The normalized spacial score (nSPS) is 27.2. The van der Waals surface area contributed by atoms with Gasteiger partial charge in [0.05, 0.1) is 17.8 Å². The minimum atomic E-state index is -2.21. The van der Waals surface area contributed by atoms with Crippen LogP contribution in [0.1, 0.15) is 39.5 Å². The van der Waals surface area contributed by atoms with Crippen LogP contribution in [0.2, 0.25) is 0 Å². The maximum absolute atomic E-state index is 12.2. The molecule has 7 heteroatoms. The molecule has 0 aromatic heterocycles. The van der Waals surface area contributed by atoms with Gasteiger partial charge in [-0.05, 0) is 25.2 Å². The lowest BCUT2D eigenvalue weighted by Crippen LogP contribution is -2.59. The minimum Gasteiger partial charge on any atom is -0.481 e. The van der Waals surface area contributed by atoms with Crippen LogP contribution in [0, 0.1) is 23.7 Å². The number of carboxylic acids is 2. The molecule has 7 nitrogen and oxygen atoms in total. The number of carbonyl (C=O) groups excluding carboxylic acids is 1. The molecular weight excluding hydrogens is 292 g/mol. The fourth-order valence-electron chi connectivity index (χ4n) is 3.82. The largest absolute Gasteiger partial charge is 0.481 e. The average molecular weight is 316 g/mol. The van der Waals surface area contributed by atoms with Crippen LogP contribution in [0.3, 0.4) is 0 Å². The third-order valence-corrected chi connectivity index (χ3v) is 4.84. The van der Waals surface area contributed by atoms with Crippen LogP contribution >= 0.6 is 0 Å². The molecule has 4 atom stereocenters. The van der Waals surface area contributed by atoms with Gasteiger partial charge in [-0.15, -0.1) is 0 Å². The summed E-state index contributed by atoms with van der Waals surface area (Å²) < 4.78 is 0. The van der Waals surface area contributed by atoms with Crippen LogP contribution in [-0.2, 0) is 14.4 Å². The molecule has 0 aromatic carbocycles. The van der Waals surface area contributed by atoms with Crippen molar-refractivity contribution in [2.24, 2.45) is 23.7 Å². The monoisotopic (exact) mass is 316 g/mol. The summed E-state index contributed by atoms with van der Waals surface area (Å²) in [6, 6.07) is 0. The van der Waals surface area contributed by atoms with E-state index < -0.39 is 41.2 Å². The fourth-order valence-corrected chi connectivity index (χ4v) is 3.82. The van der Waals surface area contributed by atoms with Gasteiger partial charge in [-0.1, -0.05) is 13.8 Å². The molecule has 4 unspecified atom stereocenters. The Morgan fingerprint density at radius 1 is 1.18 bits per heavy atom. The van der Waals surface area contributed by atoms with Crippen molar-refractivity contribution in [2.45, 2.75) is 45.1 Å². The average Bonchev–Trinajstić information content (AvgIpc) is 2.80. The number of carbonyl (C=O) groups is 3. The van der Waals surface area contributed by atoms with Crippen molar-refractivity contribution < 1.29 is 34.8 Å². The Kier molecular flexibility index (Phi) is 6.08. The van der Waals surface area contributed by atoms with Crippen molar-refractivity contribution in [2.75, 3.05) is 6.61 Å². The van der Waals surface area contributed by atoms with Gasteiger partial charge in [0.25, 0.3) is 0 Å². The number of aliphatic carboxylic acids is 2. The number of carboxylic acid groups (broad SMARTS) is 2. The van der Waals surface area contributed by atoms with E-state index in [1.165, 1.54) is 13.8 Å². The third-order valence-electron chi connectivity index (χ3n) is 4.84. The molecular formula is C15H24O7. The van der Waals surface area contributed by atoms with Gasteiger partial charge < -0.3 is 20.4 Å². The number of rotatable bonds is 8. The Labute approximate surface area is 129 Å². The molecule has 0 spiro atoms. The van der Waals surface area contributed by atoms with E-state index in [1.54, 1.807) is 0 Å². The molecule has 4 N–H and O–H groups in total. The molecule has 0 bridgehead atoms. The summed E-state index contributed by atoms with van der Waals surface area (Å²) in [4.78, 5) is 35.3. The van der Waals surface area contributed by atoms with Crippen molar-refractivity contribution in [3.8, 4) is 0 Å². The van der Waals surface area contributed by atoms with Crippen LogP contribution < -0.4 is 0 Å². The lowest BCUT2D eigenvalue weighted by Gasteiger charge is -2.43. The maximum atomic E-state index is 12.2. The lowest BCUT2D eigenvalue weighted by molar-refractivity contribution is -0.183. The number of ketones is 1. The van der Waals surface area contributed by atoms with Gasteiger partial charge in [0, 0.05) is 13.0 Å². The zero-order valence-corrected chi connectivity index (χ0v) is 12.9. The van der Waals surface area contributed by atoms with E-state index >= 15 is 0 Å². The standard InChI is InChI=1S/C15H24O7/c1-3-9(13(18)19)15(22,10(4-2)14(20)21)12-8(7-16)5-6-11(12)17/h8-10,12,16,22H,3-7H2,1-2H3,(H,18,19)(H,20,21). The second kappa shape index (κ2) is 7.19. The summed E-state index contributed by atoms with van der Waals surface area (Å²) >= 11 is 0. The van der Waals surface area contributed by atoms with Gasteiger partial charge in [0.2, 0.25) is 0 Å². The van der Waals surface area contributed by atoms with Crippen LogP contribution in [-0.4, -0.2) is 50.4 Å². The van der Waals surface area contributed by atoms with Crippen LogP contribution in [0.25, 0.3) is 0 Å². The maximum Gasteiger partial charge on any atom is 0.309 e. The van der Waals surface area contributed by atoms with Crippen LogP contribution in [0.4, 0.5) is 0 Å². The molecule has 1 fully saturated rings. The highest BCUT2D eigenvalue weighted by molar-refractivity contribution is 5.87. The molecule has 1 rings (SSSR count). The Morgan fingerprint density at radius 2 is 1.64 bits per heavy atom. The molecule has 1 aliphatic rings. The second-order valence-corrected chi connectivity index (χ2v) is 5.91. The molecule has 0 radical (unpaired) electrons. The van der Waals surface area contributed by atoms with Crippen LogP contribution in [0.5, 0.6) is 0 Å². The first kappa shape index (κ1) is 18.6. The van der Waals surface area contributed by atoms with Crippen molar-refractivity contribution in [1.29, 1.82) is 0 Å². The Hall–Kier alpha value is -1.47. The van der Waals surface area contributed by atoms with Gasteiger partial charge in [-0.25, -0.2) is 0 Å². The summed E-state index contributed by atoms with van der Waals surface area (Å²) in [6.45, 7) is 2.68. The Bertz CT molecular complexity index is 423. The predicted molar refractivity (Wildman–Crippen MR) is 76.1 cm³/mol. The SMILES string of the molecule is CCC(C(=O)O)C(O)(C(CC)C(=O)O)C1C(=O)CCC1CO. The number of aliphatic hydroxyl groups is 2. The van der Waals surface area contributed by atoms with E-state index in [9.17, 15) is 34.8 Å². The van der Waals surface area contributed by atoms with E-state index in [-0.39, 0.29) is 31.7 Å². The van der Waals surface area contributed by atoms with E-state index in [0.29, 0.717) is 6.42 Å². The number of hydrogen-bond donors (Lipinski definition) is 4. The number of hydrogen-bond acceptors (Lipinski definition) is 5. The topological polar surface area (TPSA) is 132 Å². The van der Waals surface area contributed by atoms with E-state index in [4.69, 9.17) is 0 Å². The first-order chi connectivity index (χ1) is 10.2. The van der Waals surface area contributed by atoms with Crippen molar-refractivity contribution in [3.63, 3.8) is 0 Å². The third kappa shape index (κ3) is 3.01. The van der Waals surface area contributed by atoms with Crippen molar-refractivity contribution >= 4 is 17.7 Å². The predicted octanol–water partition coefficient (Wildman–Crippen LogP) is 0.527. The molecule has 0 saturated heterocycles. The van der Waals surface area contributed by atoms with Gasteiger partial charge in [0.1, 0.15) is 11.4 Å². The highest BCUT2D eigenvalue weighted by Gasteiger charge is 2.59. The lowest BCUT2D eigenvalue weighted by atomic mass is 9.63. The molecule has 1 aliphatic carbocycles. The number of aliphatic hydroxyl groups excluding tert-OH is 1. The summed E-state index contributed by atoms with van der Waals surface area (Å²) in [5.74, 6) is -7.58. The molecule has 22 heavy (non-hydrogen) atoms. The van der Waals surface area contributed by atoms with Gasteiger partial charge in [-0.3, -0.25) is 14.4 Å². The first-order valence-corrected chi connectivity index (χ1v) is 7.57.